The van der Waals surface area contributed by atoms with Gasteiger partial charge in [0.15, 0.2) is 0 Å². The molecule has 0 aliphatic rings. The molecule has 0 atom stereocenters. The number of halogens is 1. The molecule has 1 aromatic carbocycles. The lowest BCUT2D eigenvalue weighted by molar-refractivity contribution is -0.120. The molecule has 80 valence electrons. The van der Waals surface area contributed by atoms with Crippen LogP contribution in [0.3, 0.4) is 0 Å². The van der Waals surface area contributed by atoms with Crippen molar-refractivity contribution in [1.29, 1.82) is 0 Å². The lowest BCUT2D eigenvalue weighted by Crippen LogP contribution is -2.17. The van der Waals surface area contributed by atoms with E-state index < -0.39 is 0 Å². The Morgan fingerprint density at radius 2 is 2.27 bits per heavy atom. The van der Waals surface area contributed by atoms with E-state index in [9.17, 15) is 4.79 Å². The molecule has 0 heterocycles. The maximum Gasteiger partial charge on any atom is 0.239 e. The van der Waals surface area contributed by atoms with Crippen molar-refractivity contribution in [2.24, 2.45) is 5.10 Å². The van der Waals surface area contributed by atoms with Crippen LogP contribution in [0.1, 0.15) is 25.8 Å². The predicted molar refractivity (Wildman–Crippen MR) is 64.8 cm³/mol. The van der Waals surface area contributed by atoms with Crippen LogP contribution >= 0.6 is 15.9 Å². The maximum absolute atomic E-state index is 11.0. The lowest BCUT2D eigenvalue weighted by atomic mass is 10.1. The number of nitrogens with one attached hydrogen (secondary N) is 1. The van der Waals surface area contributed by atoms with Gasteiger partial charge in [0.05, 0.1) is 5.71 Å². The molecule has 0 bridgehead atoms. The van der Waals surface area contributed by atoms with Crippen LogP contribution in [0, 0.1) is 0 Å². The molecule has 15 heavy (non-hydrogen) atoms. The van der Waals surface area contributed by atoms with Gasteiger partial charge < -0.3 is 0 Å². The third-order valence-corrected chi connectivity index (χ3v) is 2.41. The SMILES string of the molecule is CCC(=O)N/N=C(\C)c1cccc(Br)c1. The Hall–Kier alpha value is -1.16. The summed E-state index contributed by atoms with van der Waals surface area (Å²) < 4.78 is 0.997. The Labute approximate surface area is 97.7 Å². The zero-order valence-corrected chi connectivity index (χ0v) is 10.3. The van der Waals surface area contributed by atoms with Gasteiger partial charge in [0.25, 0.3) is 0 Å². The molecule has 1 amide bonds. The van der Waals surface area contributed by atoms with Gasteiger partial charge in [0, 0.05) is 10.9 Å². The van der Waals surface area contributed by atoms with Gasteiger partial charge in [-0.1, -0.05) is 35.0 Å². The van der Waals surface area contributed by atoms with Gasteiger partial charge in [-0.15, -0.1) is 0 Å². The minimum atomic E-state index is -0.0793. The highest BCUT2D eigenvalue weighted by Gasteiger charge is 1.99. The monoisotopic (exact) mass is 268 g/mol. The zero-order chi connectivity index (χ0) is 11.3. The molecule has 0 saturated heterocycles. The van der Waals surface area contributed by atoms with E-state index in [1.807, 2.05) is 31.2 Å². The molecule has 0 aromatic heterocycles. The van der Waals surface area contributed by atoms with Gasteiger partial charge in [-0.2, -0.15) is 5.10 Å². The first kappa shape index (κ1) is 11.9. The molecule has 0 radical (unpaired) electrons. The molecular weight excluding hydrogens is 256 g/mol. The molecule has 1 rings (SSSR count). The first-order chi connectivity index (χ1) is 7.13. The number of nitrogens with zero attached hydrogens (tertiary/aromatic N) is 1. The Bertz CT molecular complexity index is 388. The van der Waals surface area contributed by atoms with Crippen LogP contribution in [0.4, 0.5) is 0 Å². The van der Waals surface area contributed by atoms with Gasteiger partial charge in [-0.25, -0.2) is 5.43 Å². The molecule has 4 heteroatoms. The number of carbonyl (C=O) groups is 1. The van der Waals surface area contributed by atoms with Gasteiger partial charge in [0.1, 0.15) is 0 Å². The van der Waals surface area contributed by atoms with Crippen molar-refractivity contribution in [2.75, 3.05) is 0 Å². The van der Waals surface area contributed by atoms with E-state index >= 15 is 0 Å². The first-order valence-corrected chi connectivity index (χ1v) is 5.52. The largest absolute Gasteiger partial charge is 0.273 e. The normalized spacial score (nSPS) is 11.3. The van der Waals surface area contributed by atoms with Crippen molar-refractivity contribution >= 4 is 27.5 Å². The molecule has 0 aliphatic carbocycles. The second-order valence-electron chi connectivity index (χ2n) is 3.10. The van der Waals surface area contributed by atoms with Crippen molar-refractivity contribution < 1.29 is 4.79 Å². The van der Waals surface area contributed by atoms with E-state index in [2.05, 4.69) is 26.5 Å². The maximum atomic E-state index is 11.0. The third kappa shape index (κ3) is 3.83. The Morgan fingerprint density at radius 3 is 2.87 bits per heavy atom. The summed E-state index contributed by atoms with van der Waals surface area (Å²) in [5.41, 5.74) is 4.26. The van der Waals surface area contributed by atoms with Crippen LogP contribution in [-0.2, 0) is 4.79 Å². The summed E-state index contributed by atoms with van der Waals surface area (Å²) in [5, 5.41) is 4.00. The summed E-state index contributed by atoms with van der Waals surface area (Å²) in [6.45, 7) is 3.65. The smallest absolute Gasteiger partial charge is 0.239 e. The highest BCUT2D eigenvalue weighted by molar-refractivity contribution is 9.10. The minimum Gasteiger partial charge on any atom is -0.273 e. The summed E-state index contributed by atoms with van der Waals surface area (Å²) in [5.74, 6) is -0.0793. The Balaban J connectivity index is 2.75. The number of rotatable bonds is 3. The molecule has 0 spiro atoms. The molecule has 3 nitrogen and oxygen atoms in total. The fourth-order valence-electron chi connectivity index (χ4n) is 1.00. The lowest BCUT2D eigenvalue weighted by Gasteiger charge is -2.02. The molecule has 0 aliphatic heterocycles. The van der Waals surface area contributed by atoms with Crippen LogP contribution in [0.25, 0.3) is 0 Å². The van der Waals surface area contributed by atoms with Gasteiger partial charge in [0.2, 0.25) is 5.91 Å². The van der Waals surface area contributed by atoms with Crippen molar-refractivity contribution in [3.05, 3.63) is 34.3 Å². The van der Waals surface area contributed by atoms with Gasteiger partial charge in [-0.3, -0.25) is 4.79 Å². The van der Waals surface area contributed by atoms with Gasteiger partial charge >= 0.3 is 0 Å². The number of hydrazone groups is 1. The van der Waals surface area contributed by atoms with E-state index in [1.165, 1.54) is 0 Å². The van der Waals surface area contributed by atoms with Crippen molar-refractivity contribution in [3.63, 3.8) is 0 Å². The number of carbonyl (C=O) groups excluding carboxylic acids is 1. The van der Waals surface area contributed by atoms with Gasteiger partial charge in [-0.05, 0) is 24.6 Å². The number of hydrogen-bond acceptors (Lipinski definition) is 2. The van der Waals surface area contributed by atoms with Crippen LogP contribution < -0.4 is 5.43 Å². The van der Waals surface area contributed by atoms with E-state index in [1.54, 1.807) is 6.92 Å². The molecule has 1 aromatic rings. The van der Waals surface area contributed by atoms with E-state index in [-0.39, 0.29) is 5.91 Å². The van der Waals surface area contributed by atoms with Crippen LogP contribution in [0.15, 0.2) is 33.8 Å². The van der Waals surface area contributed by atoms with Crippen LogP contribution in [-0.4, -0.2) is 11.6 Å². The Morgan fingerprint density at radius 1 is 1.53 bits per heavy atom. The number of amides is 1. The average Bonchev–Trinajstić information content (AvgIpc) is 2.25. The Kier molecular flexibility index (Phi) is 4.49. The van der Waals surface area contributed by atoms with Crippen molar-refractivity contribution in [1.82, 2.24) is 5.43 Å². The average molecular weight is 269 g/mol. The molecule has 0 unspecified atom stereocenters. The van der Waals surface area contributed by atoms with Crippen molar-refractivity contribution in [2.45, 2.75) is 20.3 Å². The van der Waals surface area contributed by atoms with Crippen LogP contribution in [0.2, 0.25) is 0 Å². The fraction of sp³-hybridized carbons (Fsp3) is 0.273. The second-order valence-corrected chi connectivity index (χ2v) is 4.01. The minimum absolute atomic E-state index is 0.0793. The highest BCUT2D eigenvalue weighted by Crippen LogP contribution is 2.12. The molecule has 1 N–H and O–H groups in total. The first-order valence-electron chi connectivity index (χ1n) is 4.72. The molecular formula is C11H13BrN2O. The van der Waals surface area contributed by atoms with Crippen molar-refractivity contribution in [3.8, 4) is 0 Å². The summed E-state index contributed by atoms with van der Waals surface area (Å²) >= 11 is 3.38. The molecule has 0 saturated carbocycles. The molecule has 0 fully saturated rings. The second kappa shape index (κ2) is 5.66. The summed E-state index contributed by atoms with van der Waals surface area (Å²) in [7, 11) is 0. The van der Waals surface area contributed by atoms with E-state index in [4.69, 9.17) is 0 Å². The fourth-order valence-corrected chi connectivity index (χ4v) is 1.40. The topological polar surface area (TPSA) is 41.5 Å². The quantitative estimate of drug-likeness (QED) is 0.665. The summed E-state index contributed by atoms with van der Waals surface area (Å²) in [4.78, 5) is 11.0. The predicted octanol–water partition coefficient (Wildman–Crippen LogP) is 2.70. The summed E-state index contributed by atoms with van der Waals surface area (Å²) in [6.07, 6.45) is 0.440. The van der Waals surface area contributed by atoms with E-state index in [0.29, 0.717) is 6.42 Å². The summed E-state index contributed by atoms with van der Waals surface area (Å²) in [6, 6.07) is 7.78. The third-order valence-electron chi connectivity index (χ3n) is 1.91. The number of benzene rings is 1. The van der Waals surface area contributed by atoms with E-state index in [0.717, 1.165) is 15.7 Å². The number of hydrogen-bond donors (Lipinski definition) is 1. The standard InChI is InChI=1S/C11H13BrN2O/c1-3-11(15)14-13-8(2)9-5-4-6-10(12)7-9/h4-7H,3H2,1-2H3,(H,14,15)/b13-8+. The zero-order valence-electron chi connectivity index (χ0n) is 8.75. The van der Waals surface area contributed by atoms with Crippen LogP contribution in [0.5, 0.6) is 0 Å². The highest BCUT2D eigenvalue weighted by atomic mass is 79.9.